The Labute approximate surface area is 121 Å². The topological polar surface area (TPSA) is 44.4 Å². The summed E-state index contributed by atoms with van der Waals surface area (Å²) in [6.45, 7) is 10.2. The van der Waals surface area contributed by atoms with Crippen molar-refractivity contribution in [3.63, 3.8) is 0 Å². The van der Waals surface area contributed by atoms with Gasteiger partial charge in [0.2, 0.25) is 0 Å². The van der Waals surface area contributed by atoms with Gasteiger partial charge in [0.1, 0.15) is 0 Å². The molecule has 4 heteroatoms. The first kappa shape index (κ1) is 15.0. The molecule has 1 saturated heterocycles. The number of aryl methyl sites for hydroxylation is 2. The monoisotopic (exact) mass is 275 g/mol. The summed E-state index contributed by atoms with van der Waals surface area (Å²) in [6, 6.07) is 6.00. The molecule has 1 fully saturated rings. The third-order valence-electron chi connectivity index (χ3n) is 3.78. The lowest BCUT2D eigenvalue weighted by atomic mass is 10.1. The molecule has 1 heterocycles. The van der Waals surface area contributed by atoms with Crippen LogP contribution < -0.4 is 10.6 Å². The molecule has 110 valence electrons. The van der Waals surface area contributed by atoms with Crippen LogP contribution in [0.25, 0.3) is 0 Å². The fourth-order valence-electron chi connectivity index (χ4n) is 2.52. The second kappa shape index (κ2) is 7.41. The minimum absolute atomic E-state index is 0.0477. The molecule has 0 radical (unpaired) electrons. The van der Waals surface area contributed by atoms with E-state index in [1.807, 2.05) is 32.0 Å². The van der Waals surface area contributed by atoms with Crippen LogP contribution in [0.4, 0.5) is 0 Å². The van der Waals surface area contributed by atoms with Gasteiger partial charge in [-0.2, -0.15) is 0 Å². The maximum absolute atomic E-state index is 12.1. The first-order valence-electron chi connectivity index (χ1n) is 7.45. The summed E-state index contributed by atoms with van der Waals surface area (Å²) < 4.78 is 0. The molecule has 0 aliphatic carbocycles. The summed E-state index contributed by atoms with van der Waals surface area (Å²) in [5.74, 6) is 0.0477. The number of hydrogen-bond donors (Lipinski definition) is 2. The van der Waals surface area contributed by atoms with Gasteiger partial charge in [-0.05, 0) is 38.4 Å². The Morgan fingerprint density at radius 3 is 2.80 bits per heavy atom. The van der Waals surface area contributed by atoms with Crippen LogP contribution in [0.3, 0.4) is 0 Å². The van der Waals surface area contributed by atoms with Crippen molar-refractivity contribution in [2.24, 2.45) is 0 Å². The van der Waals surface area contributed by atoms with Crippen molar-refractivity contribution < 1.29 is 4.79 Å². The average Bonchev–Trinajstić information content (AvgIpc) is 2.47. The van der Waals surface area contributed by atoms with E-state index in [-0.39, 0.29) is 5.91 Å². The molecule has 1 amide bonds. The van der Waals surface area contributed by atoms with Crippen molar-refractivity contribution in [2.45, 2.75) is 20.3 Å². The molecular weight excluding hydrogens is 250 g/mol. The number of nitrogens with zero attached hydrogens (tertiary/aromatic N) is 1. The Bertz CT molecular complexity index is 453. The molecule has 4 nitrogen and oxygen atoms in total. The maximum Gasteiger partial charge on any atom is 0.251 e. The third-order valence-corrected chi connectivity index (χ3v) is 3.78. The number of rotatable bonds is 5. The molecule has 1 aromatic rings. The number of benzene rings is 1. The van der Waals surface area contributed by atoms with Gasteiger partial charge < -0.3 is 15.5 Å². The van der Waals surface area contributed by atoms with Crippen LogP contribution in [0, 0.1) is 13.8 Å². The zero-order chi connectivity index (χ0) is 14.4. The predicted molar refractivity (Wildman–Crippen MR) is 82.2 cm³/mol. The highest BCUT2D eigenvalue weighted by Crippen LogP contribution is 2.10. The van der Waals surface area contributed by atoms with Gasteiger partial charge >= 0.3 is 0 Å². The molecule has 0 aromatic heterocycles. The minimum atomic E-state index is 0.0477. The lowest BCUT2D eigenvalue weighted by Gasteiger charge is -2.27. The van der Waals surface area contributed by atoms with Crippen molar-refractivity contribution in [1.82, 2.24) is 15.5 Å². The van der Waals surface area contributed by atoms with Crippen LogP contribution in [0.5, 0.6) is 0 Å². The number of nitrogens with one attached hydrogen (secondary N) is 2. The second-order valence-corrected chi connectivity index (χ2v) is 5.52. The summed E-state index contributed by atoms with van der Waals surface area (Å²) >= 11 is 0. The van der Waals surface area contributed by atoms with E-state index in [4.69, 9.17) is 0 Å². The third kappa shape index (κ3) is 4.32. The average molecular weight is 275 g/mol. The summed E-state index contributed by atoms with van der Waals surface area (Å²) in [5.41, 5.74) is 2.96. The Morgan fingerprint density at radius 1 is 1.30 bits per heavy atom. The Kier molecular flexibility index (Phi) is 5.56. The number of carbonyl (C=O) groups is 1. The van der Waals surface area contributed by atoms with Gasteiger partial charge in [0.05, 0.1) is 0 Å². The van der Waals surface area contributed by atoms with Crippen molar-refractivity contribution >= 4 is 5.91 Å². The summed E-state index contributed by atoms with van der Waals surface area (Å²) in [6.07, 6.45) is 1.01. The van der Waals surface area contributed by atoms with Crippen LogP contribution in [-0.4, -0.2) is 50.1 Å². The predicted octanol–water partition coefficient (Wildman–Crippen LogP) is 1.33. The van der Waals surface area contributed by atoms with Crippen LogP contribution in [0.1, 0.15) is 27.9 Å². The number of carbonyl (C=O) groups excluding carboxylic acids is 1. The van der Waals surface area contributed by atoms with E-state index in [2.05, 4.69) is 15.5 Å². The van der Waals surface area contributed by atoms with Crippen molar-refractivity contribution in [2.75, 3.05) is 39.3 Å². The van der Waals surface area contributed by atoms with Gasteiger partial charge in [-0.3, -0.25) is 4.79 Å². The number of hydrogen-bond acceptors (Lipinski definition) is 3. The highest BCUT2D eigenvalue weighted by atomic mass is 16.1. The zero-order valence-electron chi connectivity index (χ0n) is 12.5. The van der Waals surface area contributed by atoms with E-state index in [0.29, 0.717) is 0 Å². The normalized spacial score (nSPS) is 16.1. The van der Waals surface area contributed by atoms with E-state index in [1.165, 1.54) is 0 Å². The first-order valence-corrected chi connectivity index (χ1v) is 7.45. The van der Waals surface area contributed by atoms with Gasteiger partial charge in [-0.25, -0.2) is 0 Å². The van der Waals surface area contributed by atoms with E-state index >= 15 is 0 Å². The lowest BCUT2D eigenvalue weighted by Crippen LogP contribution is -2.44. The van der Waals surface area contributed by atoms with Gasteiger partial charge in [-0.1, -0.05) is 17.7 Å². The minimum Gasteiger partial charge on any atom is -0.352 e. The standard InChI is InChI=1S/C16H25N3O/c1-13-4-5-14(2)15(12-13)16(20)18-6-3-9-19-10-7-17-8-11-19/h4-5,12,17H,3,6-11H2,1-2H3,(H,18,20). The second-order valence-electron chi connectivity index (χ2n) is 5.52. The Morgan fingerprint density at radius 2 is 2.05 bits per heavy atom. The Hall–Kier alpha value is -1.39. The quantitative estimate of drug-likeness (QED) is 0.797. The van der Waals surface area contributed by atoms with E-state index in [9.17, 15) is 4.79 Å². The lowest BCUT2D eigenvalue weighted by molar-refractivity contribution is 0.0950. The van der Waals surface area contributed by atoms with Crippen molar-refractivity contribution in [3.8, 4) is 0 Å². The van der Waals surface area contributed by atoms with Gasteiger partial charge in [-0.15, -0.1) is 0 Å². The number of piperazine rings is 1. The highest BCUT2D eigenvalue weighted by molar-refractivity contribution is 5.95. The summed E-state index contributed by atoms with van der Waals surface area (Å²) in [7, 11) is 0. The molecule has 1 aliphatic heterocycles. The SMILES string of the molecule is Cc1ccc(C)c(C(=O)NCCCN2CCNCC2)c1. The van der Waals surface area contributed by atoms with Crippen molar-refractivity contribution in [3.05, 3.63) is 34.9 Å². The molecular formula is C16H25N3O. The smallest absolute Gasteiger partial charge is 0.251 e. The van der Waals surface area contributed by atoms with E-state index < -0.39 is 0 Å². The molecule has 0 bridgehead atoms. The van der Waals surface area contributed by atoms with Gasteiger partial charge in [0.25, 0.3) is 5.91 Å². The van der Waals surface area contributed by atoms with Crippen molar-refractivity contribution in [1.29, 1.82) is 0 Å². The van der Waals surface area contributed by atoms with Crippen LogP contribution in [0.15, 0.2) is 18.2 Å². The van der Waals surface area contributed by atoms with Gasteiger partial charge in [0, 0.05) is 38.3 Å². The van der Waals surface area contributed by atoms with Crippen LogP contribution in [0.2, 0.25) is 0 Å². The highest BCUT2D eigenvalue weighted by Gasteiger charge is 2.10. The molecule has 0 unspecified atom stereocenters. The fraction of sp³-hybridized carbons (Fsp3) is 0.562. The molecule has 0 spiro atoms. The molecule has 0 saturated carbocycles. The molecule has 1 aromatic carbocycles. The van der Waals surface area contributed by atoms with Gasteiger partial charge in [0.15, 0.2) is 0 Å². The molecule has 0 atom stereocenters. The molecule has 20 heavy (non-hydrogen) atoms. The number of amides is 1. The van der Waals surface area contributed by atoms with Crippen LogP contribution >= 0.6 is 0 Å². The zero-order valence-corrected chi connectivity index (χ0v) is 12.5. The largest absolute Gasteiger partial charge is 0.352 e. The van der Waals surface area contributed by atoms with Crippen LogP contribution in [-0.2, 0) is 0 Å². The fourth-order valence-corrected chi connectivity index (χ4v) is 2.52. The summed E-state index contributed by atoms with van der Waals surface area (Å²) in [5, 5.41) is 6.37. The van der Waals surface area contributed by atoms with E-state index in [1.54, 1.807) is 0 Å². The molecule has 2 N–H and O–H groups in total. The van der Waals surface area contributed by atoms with E-state index in [0.717, 1.165) is 62.4 Å². The maximum atomic E-state index is 12.1. The molecule has 2 rings (SSSR count). The molecule has 1 aliphatic rings. The first-order chi connectivity index (χ1) is 9.66. The Balaban J connectivity index is 1.73. The summed E-state index contributed by atoms with van der Waals surface area (Å²) in [4.78, 5) is 14.6.